The number of nitrogens with one attached hydrogen (secondary N) is 1. The van der Waals surface area contributed by atoms with E-state index >= 15 is 0 Å². The predicted octanol–water partition coefficient (Wildman–Crippen LogP) is 3.45. The predicted molar refractivity (Wildman–Crippen MR) is 123 cm³/mol. The van der Waals surface area contributed by atoms with Gasteiger partial charge in [-0.2, -0.15) is 0 Å². The molecule has 1 saturated heterocycles. The van der Waals surface area contributed by atoms with E-state index in [1.807, 2.05) is 18.4 Å². The van der Waals surface area contributed by atoms with E-state index in [1.54, 1.807) is 55.1 Å². The Balaban J connectivity index is 1.73. The number of carbonyl (C=O) groups is 1. The Hall–Kier alpha value is -2.03. The smallest absolute Gasteiger partial charge is 0.264 e. The molecule has 0 spiro atoms. The molecule has 1 heterocycles. The van der Waals surface area contributed by atoms with Gasteiger partial charge in [-0.1, -0.05) is 0 Å². The van der Waals surface area contributed by atoms with Crippen LogP contribution < -0.4 is 9.62 Å². The van der Waals surface area contributed by atoms with Crippen LogP contribution >= 0.6 is 11.8 Å². The molecule has 8 heteroatoms. The van der Waals surface area contributed by atoms with Crippen molar-refractivity contribution in [3.63, 3.8) is 0 Å². The normalized spacial score (nSPS) is 15.7. The minimum atomic E-state index is -3.67. The zero-order valence-electron chi connectivity index (χ0n) is 17.7. The number of benzene rings is 2. The summed E-state index contributed by atoms with van der Waals surface area (Å²) in [5.74, 6) is -0.116. The molecule has 0 radical (unpaired) electrons. The zero-order chi connectivity index (χ0) is 21.7. The van der Waals surface area contributed by atoms with Crippen LogP contribution in [0.3, 0.4) is 0 Å². The molecule has 3 rings (SSSR count). The number of sulfonamides is 1. The Morgan fingerprint density at radius 3 is 2.23 bits per heavy atom. The molecule has 162 valence electrons. The lowest BCUT2D eigenvalue weighted by Crippen LogP contribution is -2.43. The Kier molecular flexibility index (Phi) is 7.44. The third-order valence-electron chi connectivity index (χ3n) is 5.41. The van der Waals surface area contributed by atoms with Crippen molar-refractivity contribution in [1.29, 1.82) is 0 Å². The van der Waals surface area contributed by atoms with Gasteiger partial charge in [0.05, 0.1) is 10.6 Å². The van der Waals surface area contributed by atoms with E-state index in [0.717, 1.165) is 30.8 Å². The first-order valence-corrected chi connectivity index (χ1v) is 12.8. The highest BCUT2D eigenvalue weighted by Crippen LogP contribution is 2.25. The summed E-state index contributed by atoms with van der Waals surface area (Å²) in [4.78, 5) is 16.1. The van der Waals surface area contributed by atoms with E-state index in [1.165, 1.54) is 4.31 Å². The maximum atomic E-state index is 13.1. The summed E-state index contributed by atoms with van der Waals surface area (Å²) >= 11 is 1.57. The van der Waals surface area contributed by atoms with Gasteiger partial charge in [-0.15, -0.1) is 11.8 Å². The average Bonchev–Trinajstić information content (AvgIpc) is 2.76. The molecule has 1 N–H and O–H groups in total. The molecule has 1 aliphatic heterocycles. The van der Waals surface area contributed by atoms with Gasteiger partial charge in [0.25, 0.3) is 15.9 Å². The maximum absolute atomic E-state index is 13.1. The zero-order valence-corrected chi connectivity index (χ0v) is 19.3. The van der Waals surface area contributed by atoms with Crippen LogP contribution in [0, 0.1) is 0 Å². The summed E-state index contributed by atoms with van der Waals surface area (Å²) in [7, 11) is -1.59. The third-order valence-corrected chi connectivity index (χ3v) is 8.07. The van der Waals surface area contributed by atoms with Gasteiger partial charge in [-0.3, -0.25) is 9.10 Å². The standard InChI is InChI=1S/C22H29N3O3S2/c1-4-25(30(27,28)21-11-9-20(29-3)10-12-21)19-7-5-17(6-8-19)22(26)23-18-13-15-24(2)16-14-18/h5-12,18H,4,13-16H2,1-3H3,(H,23,26). The minimum absolute atomic E-state index is 0.116. The van der Waals surface area contributed by atoms with Crippen LogP contribution in [0.2, 0.25) is 0 Å². The highest BCUT2D eigenvalue weighted by atomic mass is 32.2. The fourth-order valence-electron chi connectivity index (χ4n) is 3.57. The second kappa shape index (κ2) is 9.85. The van der Waals surface area contributed by atoms with Crippen molar-refractivity contribution in [1.82, 2.24) is 10.2 Å². The van der Waals surface area contributed by atoms with Crippen LogP contribution in [-0.2, 0) is 10.0 Å². The second-order valence-electron chi connectivity index (χ2n) is 7.44. The van der Waals surface area contributed by atoms with Gasteiger partial charge in [0.1, 0.15) is 0 Å². The molecule has 1 amide bonds. The molecule has 0 saturated carbocycles. The number of nitrogens with zero attached hydrogens (tertiary/aromatic N) is 2. The molecule has 1 aliphatic rings. The number of likely N-dealkylation sites (tertiary alicyclic amines) is 1. The fourth-order valence-corrected chi connectivity index (χ4v) is 5.45. The lowest BCUT2D eigenvalue weighted by Gasteiger charge is -2.29. The van der Waals surface area contributed by atoms with E-state index in [4.69, 9.17) is 0 Å². The van der Waals surface area contributed by atoms with Crippen LogP contribution in [0.5, 0.6) is 0 Å². The Morgan fingerprint density at radius 1 is 1.10 bits per heavy atom. The number of rotatable bonds is 7. The molecule has 0 aromatic heterocycles. The minimum Gasteiger partial charge on any atom is -0.349 e. The molecule has 0 bridgehead atoms. The van der Waals surface area contributed by atoms with Crippen LogP contribution in [0.15, 0.2) is 58.3 Å². The largest absolute Gasteiger partial charge is 0.349 e. The number of thioether (sulfide) groups is 1. The van der Waals surface area contributed by atoms with Gasteiger partial charge in [-0.25, -0.2) is 8.42 Å². The van der Waals surface area contributed by atoms with E-state index in [9.17, 15) is 13.2 Å². The summed E-state index contributed by atoms with van der Waals surface area (Å²) in [5, 5.41) is 3.09. The molecule has 1 fully saturated rings. The van der Waals surface area contributed by atoms with E-state index < -0.39 is 10.0 Å². The van der Waals surface area contributed by atoms with Crippen molar-refractivity contribution < 1.29 is 13.2 Å². The van der Waals surface area contributed by atoms with Crippen molar-refractivity contribution in [2.45, 2.75) is 35.6 Å². The lowest BCUT2D eigenvalue weighted by molar-refractivity contribution is 0.0917. The van der Waals surface area contributed by atoms with Crippen molar-refractivity contribution in [2.75, 3.05) is 37.2 Å². The first-order chi connectivity index (χ1) is 14.3. The third kappa shape index (κ3) is 5.17. The average molecular weight is 448 g/mol. The van der Waals surface area contributed by atoms with Gasteiger partial charge in [0.2, 0.25) is 0 Å². The Bertz CT molecular complexity index is 952. The second-order valence-corrected chi connectivity index (χ2v) is 10.2. The Labute approximate surface area is 183 Å². The van der Waals surface area contributed by atoms with E-state index in [-0.39, 0.29) is 16.8 Å². The molecule has 0 unspecified atom stereocenters. The van der Waals surface area contributed by atoms with Crippen LogP contribution in [0.1, 0.15) is 30.1 Å². The molecule has 6 nitrogen and oxygen atoms in total. The molecule has 0 atom stereocenters. The highest BCUT2D eigenvalue weighted by Gasteiger charge is 2.24. The first-order valence-electron chi connectivity index (χ1n) is 10.1. The maximum Gasteiger partial charge on any atom is 0.264 e. The van der Waals surface area contributed by atoms with Gasteiger partial charge >= 0.3 is 0 Å². The molecule has 2 aromatic carbocycles. The van der Waals surface area contributed by atoms with Crippen molar-refractivity contribution >= 4 is 33.4 Å². The number of anilines is 1. The molecule has 30 heavy (non-hydrogen) atoms. The molecular weight excluding hydrogens is 418 g/mol. The summed E-state index contributed by atoms with van der Waals surface area (Å²) in [5.41, 5.74) is 1.08. The number of piperidine rings is 1. The SMILES string of the molecule is CCN(c1ccc(C(=O)NC2CCN(C)CC2)cc1)S(=O)(=O)c1ccc(SC)cc1. The van der Waals surface area contributed by atoms with Crippen molar-refractivity contribution in [3.8, 4) is 0 Å². The van der Waals surface area contributed by atoms with Gasteiger partial charge in [0.15, 0.2) is 0 Å². The fraction of sp³-hybridized carbons (Fsp3) is 0.409. The van der Waals surface area contributed by atoms with Gasteiger partial charge in [-0.05, 0) is 94.7 Å². The summed E-state index contributed by atoms with van der Waals surface area (Å²) in [6.45, 7) is 4.05. The number of amides is 1. The molecule has 0 aliphatic carbocycles. The van der Waals surface area contributed by atoms with Gasteiger partial charge in [0, 0.05) is 23.0 Å². The summed E-state index contributed by atoms with van der Waals surface area (Å²) in [6.07, 6.45) is 3.83. The summed E-state index contributed by atoms with van der Waals surface area (Å²) < 4.78 is 27.6. The first kappa shape index (κ1) is 22.7. The highest BCUT2D eigenvalue weighted by molar-refractivity contribution is 7.98. The van der Waals surface area contributed by atoms with Crippen LogP contribution in [0.4, 0.5) is 5.69 Å². The topological polar surface area (TPSA) is 69.7 Å². The number of carbonyl (C=O) groups excluding carboxylic acids is 1. The lowest BCUT2D eigenvalue weighted by atomic mass is 10.0. The van der Waals surface area contributed by atoms with Crippen molar-refractivity contribution in [3.05, 3.63) is 54.1 Å². The van der Waals surface area contributed by atoms with Crippen molar-refractivity contribution in [2.24, 2.45) is 0 Å². The number of hydrogen-bond acceptors (Lipinski definition) is 5. The van der Waals surface area contributed by atoms with E-state index in [0.29, 0.717) is 17.8 Å². The molecule has 2 aromatic rings. The van der Waals surface area contributed by atoms with E-state index in [2.05, 4.69) is 17.3 Å². The quantitative estimate of drug-likeness (QED) is 0.659. The van der Waals surface area contributed by atoms with Crippen LogP contribution in [0.25, 0.3) is 0 Å². The number of hydrogen-bond donors (Lipinski definition) is 1. The van der Waals surface area contributed by atoms with Crippen LogP contribution in [-0.4, -0.2) is 58.2 Å². The summed E-state index contributed by atoms with van der Waals surface area (Å²) in [6, 6.07) is 13.8. The van der Waals surface area contributed by atoms with Gasteiger partial charge < -0.3 is 10.2 Å². The monoisotopic (exact) mass is 447 g/mol. The Morgan fingerprint density at radius 2 is 1.70 bits per heavy atom. The molecular formula is C22H29N3O3S2.